The quantitative estimate of drug-likeness (QED) is 0.501. The van der Waals surface area contributed by atoms with Crippen molar-refractivity contribution in [2.24, 2.45) is 0 Å². The number of aromatic nitrogens is 2. The van der Waals surface area contributed by atoms with Crippen LogP contribution in [0.15, 0.2) is 76.4 Å². The molecule has 134 valence electrons. The minimum atomic E-state index is -0.120. The number of nitrogens with zero attached hydrogens (tertiary/aromatic N) is 2. The van der Waals surface area contributed by atoms with Crippen LogP contribution < -0.4 is 5.32 Å². The molecule has 0 bridgehead atoms. The molecule has 4 rings (SSSR count). The summed E-state index contributed by atoms with van der Waals surface area (Å²) in [5.74, 6) is 0.532. The van der Waals surface area contributed by atoms with Gasteiger partial charge in [0.25, 0.3) is 5.22 Å². The summed E-state index contributed by atoms with van der Waals surface area (Å²) in [5.41, 5.74) is 2.76. The molecule has 1 aromatic heterocycles. The lowest BCUT2D eigenvalue weighted by Crippen LogP contribution is -2.13. The van der Waals surface area contributed by atoms with Crippen LogP contribution in [0.4, 0.5) is 5.69 Å². The first-order valence-electron chi connectivity index (χ1n) is 8.49. The zero-order chi connectivity index (χ0) is 18.6. The largest absolute Gasteiger partial charge is 0.411 e. The molecule has 0 fully saturated rings. The van der Waals surface area contributed by atoms with Crippen LogP contribution in [0.1, 0.15) is 5.56 Å². The smallest absolute Gasteiger partial charge is 0.277 e. The van der Waals surface area contributed by atoms with Crippen LogP contribution in [0.2, 0.25) is 0 Å². The lowest BCUT2D eigenvalue weighted by atomic mass is 10.1. The van der Waals surface area contributed by atoms with Crippen molar-refractivity contribution in [3.8, 4) is 11.5 Å². The zero-order valence-electron chi connectivity index (χ0n) is 14.7. The lowest BCUT2D eigenvalue weighted by Gasteiger charge is -2.05. The van der Waals surface area contributed by atoms with Gasteiger partial charge in [0.1, 0.15) is 0 Å². The Morgan fingerprint density at radius 3 is 2.70 bits per heavy atom. The van der Waals surface area contributed by atoms with Crippen LogP contribution in [-0.4, -0.2) is 21.9 Å². The number of rotatable bonds is 5. The molecular formula is C21H17N3O2S. The number of amides is 1. The Bertz CT molecular complexity index is 1110. The molecule has 1 amide bonds. The fourth-order valence-electron chi connectivity index (χ4n) is 2.75. The van der Waals surface area contributed by atoms with Crippen molar-refractivity contribution >= 4 is 34.1 Å². The van der Waals surface area contributed by atoms with E-state index in [0.29, 0.717) is 11.1 Å². The average Bonchev–Trinajstić information content (AvgIpc) is 3.15. The van der Waals surface area contributed by atoms with E-state index in [1.165, 1.54) is 11.8 Å². The van der Waals surface area contributed by atoms with Gasteiger partial charge >= 0.3 is 0 Å². The van der Waals surface area contributed by atoms with Crippen LogP contribution in [-0.2, 0) is 4.79 Å². The zero-order valence-corrected chi connectivity index (χ0v) is 15.5. The van der Waals surface area contributed by atoms with Gasteiger partial charge in [-0.1, -0.05) is 59.8 Å². The molecule has 6 heteroatoms. The molecule has 0 saturated carbocycles. The maximum atomic E-state index is 12.2. The lowest BCUT2D eigenvalue weighted by molar-refractivity contribution is -0.113. The third-order valence-electron chi connectivity index (χ3n) is 4.03. The van der Waals surface area contributed by atoms with E-state index in [9.17, 15) is 4.79 Å². The Morgan fingerprint density at radius 1 is 1.00 bits per heavy atom. The van der Waals surface area contributed by atoms with Crippen LogP contribution in [0.5, 0.6) is 0 Å². The second-order valence-corrected chi connectivity index (χ2v) is 7.07. The number of carbonyl (C=O) groups is 1. The molecule has 0 aliphatic rings. The van der Waals surface area contributed by atoms with Gasteiger partial charge in [-0.15, -0.1) is 10.2 Å². The molecule has 0 atom stereocenters. The monoisotopic (exact) mass is 375 g/mol. The maximum Gasteiger partial charge on any atom is 0.277 e. The van der Waals surface area contributed by atoms with Crippen molar-refractivity contribution in [3.63, 3.8) is 0 Å². The molecule has 0 saturated heterocycles. The van der Waals surface area contributed by atoms with E-state index in [-0.39, 0.29) is 11.7 Å². The molecule has 0 aliphatic carbocycles. The van der Waals surface area contributed by atoms with Crippen molar-refractivity contribution in [2.75, 3.05) is 11.1 Å². The summed E-state index contributed by atoms with van der Waals surface area (Å²) in [7, 11) is 0. The number of hydrogen-bond acceptors (Lipinski definition) is 5. The Kier molecular flexibility index (Phi) is 4.89. The standard InChI is InChI=1S/C21H17N3O2S/c1-14-5-4-8-17(11-14)20-23-24-21(26-20)27-13-19(25)22-18-10-9-15-6-2-3-7-16(15)12-18/h2-12H,13H2,1H3,(H,22,25). The number of aryl methyl sites for hydroxylation is 1. The molecule has 1 heterocycles. The summed E-state index contributed by atoms with van der Waals surface area (Å²) in [4.78, 5) is 12.2. The van der Waals surface area contributed by atoms with Crippen LogP contribution in [0, 0.1) is 6.92 Å². The molecule has 5 nitrogen and oxygen atoms in total. The second kappa shape index (κ2) is 7.63. The van der Waals surface area contributed by atoms with E-state index in [1.807, 2.05) is 73.7 Å². The van der Waals surface area contributed by atoms with Crippen LogP contribution >= 0.6 is 11.8 Å². The second-order valence-electron chi connectivity index (χ2n) is 6.14. The van der Waals surface area contributed by atoms with E-state index >= 15 is 0 Å². The third-order valence-corrected chi connectivity index (χ3v) is 4.85. The predicted octanol–water partition coefficient (Wildman–Crippen LogP) is 4.93. The van der Waals surface area contributed by atoms with Crippen LogP contribution in [0.25, 0.3) is 22.2 Å². The molecule has 4 aromatic rings. The number of nitrogens with one attached hydrogen (secondary N) is 1. The highest BCUT2D eigenvalue weighted by molar-refractivity contribution is 7.99. The number of anilines is 1. The third kappa shape index (κ3) is 4.17. The molecule has 0 spiro atoms. The highest BCUT2D eigenvalue weighted by atomic mass is 32.2. The topological polar surface area (TPSA) is 68.0 Å². The number of thioether (sulfide) groups is 1. The van der Waals surface area contributed by atoms with Gasteiger partial charge in [-0.25, -0.2) is 0 Å². The summed E-state index contributed by atoms with van der Waals surface area (Å²) >= 11 is 1.22. The van der Waals surface area contributed by atoms with Gasteiger partial charge in [0, 0.05) is 11.3 Å². The van der Waals surface area contributed by atoms with Crippen molar-refractivity contribution < 1.29 is 9.21 Å². The SMILES string of the molecule is Cc1cccc(-c2nnc(SCC(=O)Nc3ccc4ccccc4c3)o2)c1. The van der Waals surface area contributed by atoms with Gasteiger partial charge in [-0.3, -0.25) is 4.79 Å². The molecule has 0 aliphatic heterocycles. The van der Waals surface area contributed by atoms with Crippen molar-refractivity contribution in [1.82, 2.24) is 10.2 Å². The van der Waals surface area contributed by atoms with Crippen molar-refractivity contribution in [1.29, 1.82) is 0 Å². The summed E-state index contributed by atoms with van der Waals surface area (Å²) in [6.07, 6.45) is 0. The van der Waals surface area contributed by atoms with E-state index in [4.69, 9.17) is 4.42 Å². The predicted molar refractivity (Wildman–Crippen MR) is 108 cm³/mol. The van der Waals surface area contributed by atoms with Crippen molar-refractivity contribution in [2.45, 2.75) is 12.1 Å². The Hall–Kier alpha value is -3.12. The van der Waals surface area contributed by atoms with Gasteiger partial charge in [0.2, 0.25) is 11.8 Å². The molecule has 3 aromatic carbocycles. The summed E-state index contributed by atoms with van der Waals surface area (Å²) in [5, 5.41) is 13.6. The summed E-state index contributed by atoms with van der Waals surface area (Å²) < 4.78 is 5.64. The molecular weight excluding hydrogens is 358 g/mol. The van der Waals surface area contributed by atoms with Gasteiger partial charge in [0.05, 0.1) is 5.75 Å². The Labute approximate surface area is 160 Å². The van der Waals surface area contributed by atoms with Crippen molar-refractivity contribution in [3.05, 3.63) is 72.3 Å². The molecule has 1 N–H and O–H groups in total. The number of fused-ring (bicyclic) bond motifs is 1. The Balaban J connectivity index is 1.37. The number of hydrogen-bond donors (Lipinski definition) is 1. The highest BCUT2D eigenvalue weighted by Gasteiger charge is 2.11. The average molecular weight is 375 g/mol. The van der Waals surface area contributed by atoms with E-state index in [2.05, 4.69) is 15.5 Å². The van der Waals surface area contributed by atoms with Gasteiger partial charge in [0.15, 0.2) is 0 Å². The molecule has 27 heavy (non-hydrogen) atoms. The number of benzene rings is 3. The minimum Gasteiger partial charge on any atom is -0.411 e. The van der Waals surface area contributed by atoms with E-state index < -0.39 is 0 Å². The first kappa shape index (κ1) is 17.3. The van der Waals surface area contributed by atoms with Gasteiger partial charge in [-0.2, -0.15) is 0 Å². The minimum absolute atomic E-state index is 0.120. The fourth-order valence-corrected chi connectivity index (χ4v) is 3.32. The maximum absolute atomic E-state index is 12.2. The Morgan fingerprint density at radius 2 is 1.85 bits per heavy atom. The molecule has 0 unspecified atom stereocenters. The van der Waals surface area contributed by atoms with E-state index in [1.54, 1.807) is 0 Å². The van der Waals surface area contributed by atoms with Gasteiger partial charge < -0.3 is 9.73 Å². The first-order chi connectivity index (χ1) is 13.2. The van der Waals surface area contributed by atoms with Gasteiger partial charge in [-0.05, 0) is 42.0 Å². The molecule has 0 radical (unpaired) electrons. The highest BCUT2D eigenvalue weighted by Crippen LogP contribution is 2.24. The van der Waals surface area contributed by atoms with Crippen LogP contribution in [0.3, 0.4) is 0 Å². The summed E-state index contributed by atoms with van der Waals surface area (Å²) in [6, 6.07) is 21.7. The summed E-state index contributed by atoms with van der Waals surface area (Å²) in [6.45, 7) is 2.01. The first-order valence-corrected chi connectivity index (χ1v) is 9.48. The fraction of sp³-hybridized carbons (Fsp3) is 0.0952. The number of carbonyl (C=O) groups excluding carboxylic acids is 1. The normalized spacial score (nSPS) is 10.9. The van der Waals surface area contributed by atoms with E-state index in [0.717, 1.165) is 27.6 Å².